The lowest BCUT2D eigenvalue weighted by Crippen LogP contribution is -2.26. The van der Waals surface area contributed by atoms with Gasteiger partial charge in [0.25, 0.3) is 5.91 Å². The number of anilines is 2. The molecule has 7 heteroatoms. The van der Waals surface area contributed by atoms with Crippen molar-refractivity contribution in [3.63, 3.8) is 0 Å². The fourth-order valence-corrected chi connectivity index (χ4v) is 5.14. The van der Waals surface area contributed by atoms with Crippen molar-refractivity contribution in [2.24, 2.45) is 0 Å². The number of benzene rings is 4. The Labute approximate surface area is 226 Å². The molecule has 0 unspecified atom stereocenters. The summed E-state index contributed by atoms with van der Waals surface area (Å²) in [7, 11) is 3.28. The molecule has 1 heterocycles. The van der Waals surface area contributed by atoms with Crippen LogP contribution in [0.2, 0.25) is 0 Å². The first-order chi connectivity index (χ1) is 18.7. The van der Waals surface area contributed by atoms with Crippen LogP contribution < -0.4 is 15.0 Å². The van der Waals surface area contributed by atoms with E-state index in [-0.39, 0.29) is 5.91 Å². The molecule has 0 aliphatic carbocycles. The normalized spacial score (nSPS) is 10.9. The average Bonchev–Trinajstić information content (AvgIpc) is 3.46. The van der Waals surface area contributed by atoms with E-state index in [0.29, 0.717) is 25.3 Å². The number of nitrogens with one attached hydrogen (secondary N) is 1. The van der Waals surface area contributed by atoms with E-state index in [4.69, 9.17) is 14.5 Å². The number of thiazole rings is 1. The maximum atomic E-state index is 12.4. The third-order valence-electron chi connectivity index (χ3n) is 6.31. The van der Waals surface area contributed by atoms with Crippen LogP contribution in [-0.2, 0) is 11.3 Å². The average molecular weight is 524 g/mol. The Balaban J connectivity index is 1.47. The molecule has 6 nitrogen and oxygen atoms in total. The van der Waals surface area contributed by atoms with Crippen LogP contribution in [0.15, 0.2) is 96.4 Å². The molecule has 0 saturated carbocycles. The molecule has 0 fully saturated rings. The summed E-state index contributed by atoms with van der Waals surface area (Å²) in [6, 6.07) is 30.4. The van der Waals surface area contributed by atoms with Gasteiger partial charge in [-0.2, -0.15) is 0 Å². The molecule has 0 radical (unpaired) electrons. The molecule has 0 bridgehead atoms. The third-order valence-corrected chi connectivity index (χ3v) is 7.18. The summed E-state index contributed by atoms with van der Waals surface area (Å²) in [5, 5.41) is 8.18. The molecule has 0 aliphatic rings. The SMILES string of the molecule is COCCNC(=O)c1ccc(CN(c2nc(-c3ccc(OC)cc3)cs2)c2cccc3ccccc23)cc1. The van der Waals surface area contributed by atoms with Gasteiger partial charge in [0.2, 0.25) is 0 Å². The standard InChI is InChI=1S/C31H29N3O3S/c1-36-19-18-32-30(35)25-12-10-22(11-13-25)20-34(29-9-5-7-23-6-3-4-8-27(23)29)31-33-28(21-38-31)24-14-16-26(37-2)17-15-24/h3-17,21H,18-20H2,1-2H3,(H,32,35). The van der Waals surface area contributed by atoms with Crippen molar-refractivity contribution < 1.29 is 14.3 Å². The van der Waals surface area contributed by atoms with Crippen molar-refractivity contribution in [3.8, 4) is 17.0 Å². The number of fused-ring (bicyclic) bond motifs is 1. The summed E-state index contributed by atoms with van der Waals surface area (Å²) in [6.07, 6.45) is 0. The predicted octanol–water partition coefficient (Wildman–Crippen LogP) is 6.69. The second-order valence-corrected chi connectivity index (χ2v) is 9.61. The molecule has 1 aromatic heterocycles. The van der Waals surface area contributed by atoms with Gasteiger partial charge in [0, 0.05) is 35.5 Å². The van der Waals surface area contributed by atoms with Crippen molar-refractivity contribution in [1.82, 2.24) is 10.3 Å². The minimum atomic E-state index is -0.108. The van der Waals surface area contributed by atoms with Gasteiger partial charge in [-0.1, -0.05) is 48.5 Å². The molecule has 5 rings (SSSR count). The van der Waals surface area contributed by atoms with Crippen molar-refractivity contribution in [2.75, 3.05) is 32.3 Å². The monoisotopic (exact) mass is 523 g/mol. The van der Waals surface area contributed by atoms with Crippen LogP contribution in [0.4, 0.5) is 10.8 Å². The van der Waals surface area contributed by atoms with Gasteiger partial charge < -0.3 is 19.7 Å². The smallest absolute Gasteiger partial charge is 0.251 e. The van der Waals surface area contributed by atoms with E-state index in [9.17, 15) is 4.79 Å². The lowest BCUT2D eigenvalue weighted by molar-refractivity contribution is 0.0937. The Bertz CT molecular complexity index is 1510. The van der Waals surface area contributed by atoms with Crippen LogP contribution in [-0.4, -0.2) is 38.3 Å². The fraction of sp³-hybridized carbons (Fsp3) is 0.161. The second-order valence-electron chi connectivity index (χ2n) is 8.77. The Morgan fingerprint density at radius 3 is 2.45 bits per heavy atom. The van der Waals surface area contributed by atoms with Crippen molar-refractivity contribution in [2.45, 2.75) is 6.54 Å². The number of hydrogen-bond acceptors (Lipinski definition) is 6. The highest BCUT2D eigenvalue weighted by atomic mass is 32.1. The first kappa shape index (κ1) is 25.4. The van der Waals surface area contributed by atoms with Crippen molar-refractivity contribution in [1.29, 1.82) is 0 Å². The number of carbonyl (C=O) groups excluding carboxylic acids is 1. The molecule has 0 saturated heterocycles. The first-order valence-corrected chi connectivity index (χ1v) is 13.3. The van der Waals surface area contributed by atoms with Gasteiger partial charge in [-0.3, -0.25) is 4.79 Å². The molecule has 0 atom stereocenters. The van der Waals surface area contributed by atoms with Gasteiger partial charge in [0.15, 0.2) is 5.13 Å². The molecule has 192 valence electrons. The number of aromatic nitrogens is 1. The number of ether oxygens (including phenoxy) is 2. The lowest BCUT2D eigenvalue weighted by atomic mass is 10.1. The van der Waals surface area contributed by atoms with E-state index < -0.39 is 0 Å². The van der Waals surface area contributed by atoms with Gasteiger partial charge in [-0.05, 0) is 53.4 Å². The van der Waals surface area contributed by atoms with Crippen LogP contribution >= 0.6 is 11.3 Å². The number of rotatable bonds is 10. The van der Waals surface area contributed by atoms with E-state index in [1.54, 1.807) is 25.6 Å². The van der Waals surface area contributed by atoms with Crippen LogP contribution in [0.1, 0.15) is 15.9 Å². The zero-order valence-corrected chi connectivity index (χ0v) is 22.2. The summed E-state index contributed by atoms with van der Waals surface area (Å²) >= 11 is 1.61. The van der Waals surface area contributed by atoms with E-state index in [2.05, 4.69) is 58.1 Å². The number of hydrogen-bond donors (Lipinski definition) is 1. The molecule has 4 aromatic carbocycles. The highest BCUT2D eigenvalue weighted by Gasteiger charge is 2.18. The van der Waals surface area contributed by atoms with Crippen molar-refractivity contribution in [3.05, 3.63) is 108 Å². The first-order valence-electron chi connectivity index (χ1n) is 12.4. The summed E-state index contributed by atoms with van der Waals surface area (Å²) in [4.78, 5) is 19.7. The van der Waals surface area contributed by atoms with Gasteiger partial charge >= 0.3 is 0 Å². The predicted molar refractivity (Wildman–Crippen MR) is 155 cm³/mol. The van der Waals surface area contributed by atoms with E-state index >= 15 is 0 Å². The lowest BCUT2D eigenvalue weighted by Gasteiger charge is -2.24. The molecule has 0 aliphatic heterocycles. The Morgan fingerprint density at radius 2 is 1.68 bits per heavy atom. The van der Waals surface area contributed by atoms with Crippen LogP contribution in [0.25, 0.3) is 22.0 Å². The molecule has 38 heavy (non-hydrogen) atoms. The number of nitrogens with zero attached hydrogens (tertiary/aromatic N) is 2. The number of methoxy groups -OCH3 is 2. The van der Waals surface area contributed by atoms with Gasteiger partial charge in [-0.15, -0.1) is 11.3 Å². The summed E-state index contributed by atoms with van der Waals surface area (Å²) < 4.78 is 10.3. The maximum absolute atomic E-state index is 12.4. The zero-order chi connectivity index (χ0) is 26.3. The summed E-state index contributed by atoms with van der Waals surface area (Å²) in [6.45, 7) is 1.57. The van der Waals surface area contributed by atoms with Crippen LogP contribution in [0.3, 0.4) is 0 Å². The van der Waals surface area contributed by atoms with Crippen LogP contribution in [0.5, 0.6) is 5.75 Å². The number of carbonyl (C=O) groups is 1. The van der Waals surface area contributed by atoms with Gasteiger partial charge in [0.1, 0.15) is 5.75 Å². The van der Waals surface area contributed by atoms with E-state index in [0.717, 1.165) is 38.8 Å². The molecule has 5 aromatic rings. The van der Waals surface area contributed by atoms with Crippen molar-refractivity contribution >= 4 is 38.8 Å². The second kappa shape index (κ2) is 11.9. The molecule has 1 amide bonds. The van der Waals surface area contributed by atoms with Gasteiger partial charge in [0.05, 0.1) is 31.6 Å². The quantitative estimate of drug-likeness (QED) is 0.207. The van der Waals surface area contributed by atoms with E-state index in [1.807, 2.05) is 48.5 Å². The third kappa shape index (κ3) is 5.69. The molecule has 1 N–H and O–H groups in total. The minimum absolute atomic E-state index is 0.108. The zero-order valence-electron chi connectivity index (χ0n) is 21.4. The largest absolute Gasteiger partial charge is 0.497 e. The minimum Gasteiger partial charge on any atom is -0.497 e. The Kier molecular flexibility index (Phi) is 7.97. The summed E-state index contributed by atoms with van der Waals surface area (Å²) in [5.41, 5.74) is 4.74. The topological polar surface area (TPSA) is 63.7 Å². The molecule has 0 spiro atoms. The highest BCUT2D eigenvalue weighted by Crippen LogP contribution is 2.37. The number of amides is 1. The Morgan fingerprint density at radius 1 is 0.921 bits per heavy atom. The fourth-order valence-electron chi connectivity index (χ4n) is 4.29. The Hall–Kier alpha value is -4.20. The molecular weight excluding hydrogens is 494 g/mol. The maximum Gasteiger partial charge on any atom is 0.251 e. The highest BCUT2D eigenvalue weighted by molar-refractivity contribution is 7.14. The van der Waals surface area contributed by atoms with E-state index in [1.165, 1.54) is 5.39 Å². The van der Waals surface area contributed by atoms with Crippen LogP contribution in [0, 0.1) is 0 Å². The van der Waals surface area contributed by atoms with Gasteiger partial charge in [-0.25, -0.2) is 4.98 Å². The summed E-state index contributed by atoms with van der Waals surface area (Å²) in [5.74, 6) is 0.709. The molecular formula is C31H29N3O3S.